The van der Waals surface area contributed by atoms with Crippen molar-refractivity contribution in [2.45, 2.75) is 39.2 Å². The van der Waals surface area contributed by atoms with Crippen LogP contribution in [0.3, 0.4) is 0 Å². The smallest absolute Gasteiger partial charge is 0.235 e. The van der Waals surface area contributed by atoms with Crippen LogP contribution in [0.2, 0.25) is 0 Å². The zero-order valence-corrected chi connectivity index (χ0v) is 15.7. The first-order valence-electron chi connectivity index (χ1n) is 8.11. The maximum absolute atomic E-state index is 11.0. The molecule has 0 aliphatic heterocycles. The standard InChI is InChI=1S/C19H19BrN2O3/c1-3-5-15(4-2)25-19-13(11-21)6-9-18(22-19)24-16-7-8-17(20)14(10-16)12-23/h6-10,12,15H,3-5H2,1-2H3. The van der Waals surface area contributed by atoms with Crippen LogP contribution in [0.25, 0.3) is 0 Å². The number of aldehydes is 1. The second-order valence-corrected chi connectivity index (χ2v) is 6.31. The van der Waals surface area contributed by atoms with Crippen molar-refractivity contribution < 1.29 is 14.3 Å². The Morgan fingerprint density at radius 3 is 2.76 bits per heavy atom. The van der Waals surface area contributed by atoms with Crippen molar-refractivity contribution in [3.8, 4) is 23.6 Å². The van der Waals surface area contributed by atoms with E-state index < -0.39 is 0 Å². The van der Waals surface area contributed by atoms with E-state index in [2.05, 4.69) is 33.9 Å². The lowest BCUT2D eigenvalue weighted by Gasteiger charge is -2.17. The number of hydrogen-bond donors (Lipinski definition) is 0. The molecule has 0 fully saturated rings. The van der Waals surface area contributed by atoms with Crippen molar-refractivity contribution in [1.82, 2.24) is 4.98 Å². The van der Waals surface area contributed by atoms with E-state index in [0.29, 0.717) is 27.2 Å². The molecule has 6 heteroatoms. The molecule has 1 unspecified atom stereocenters. The third-order valence-electron chi connectivity index (χ3n) is 3.62. The van der Waals surface area contributed by atoms with Crippen molar-refractivity contribution in [3.63, 3.8) is 0 Å². The molecule has 130 valence electrons. The van der Waals surface area contributed by atoms with Gasteiger partial charge in [-0.3, -0.25) is 4.79 Å². The molecule has 0 aliphatic rings. The molecule has 0 saturated heterocycles. The first kappa shape index (κ1) is 18.9. The van der Waals surface area contributed by atoms with Crippen molar-refractivity contribution in [3.05, 3.63) is 45.9 Å². The van der Waals surface area contributed by atoms with Gasteiger partial charge in [0.1, 0.15) is 23.5 Å². The number of halogens is 1. The third kappa shape index (κ3) is 5.04. The van der Waals surface area contributed by atoms with Gasteiger partial charge >= 0.3 is 0 Å². The highest BCUT2D eigenvalue weighted by atomic mass is 79.9. The number of hydrogen-bond acceptors (Lipinski definition) is 5. The van der Waals surface area contributed by atoms with Gasteiger partial charge in [0.15, 0.2) is 6.29 Å². The van der Waals surface area contributed by atoms with Crippen LogP contribution in [0.5, 0.6) is 17.5 Å². The number of benzene rings is 1. The number of rotatable bonds is 8. The third-order valence-corrected chi connectivity index (χ3v) is 4.34. The molecule has 0 bridgehead atoms. The zero-order valence-electron chi connectivity index (χ0n) is 14.2. The number of ether oxygens (including phenoxy) is 2. The van der Waals surface area contributed by atoms with Crippen molar-refractivity contribution in [2.75, 3.05) is 0 Å². The Labute approximate surface area is 155 Å². The summed E-state index contributed by atoms with van der Waals surface area (Å²) in [6.45, 7) is 4.12. The van der Waals surface area contributed by atoms with Gasteiger partial charge in [-0.2, -0.15) is 10.2 Å². The van der Waals surface area contributed by atoms with Crippen LogP contribution < -0.4 is 9.47 Å². The molecule has 0 aliphatic carbocycles. The fraction of sp³-hybridized carbons (Fsp3) is 0.316. The summed E-state index contributed by atoms with van der Waals surface area (Å²) in [6.07, 6.45) is 3.47. The topological polar surface area (TPSA) is 72.2 Å². The molecule has 0 amide bonds. The largest absolute Gasteiger partial charge is 0.473 e. The predicted octanol–water partition coefficient (Wildman–Crippen LogP) is 5.28. The quantitative estimate of drug-likeness (QED) is 0.561. The Morgan fingerprint density at radius 2 is 2.12 bits per heavy atom. The summed E-state index contributed by atoms with van der Waals surface area (Å²) in [6, 6.07) is 10.4. The Kier molecular flexibility index (Phi) is 6.96. The first-order valence-corrected chi connectivity index (χ1v) is 8.90. The molecule has 0 spiro atoms. The van der Waals surface area contributed by atoms with Gasteiger partial charge in [0.05, 0.1) is 0 Å². The molecule has 0 saturated carbocycles. The molecule has 1 aromatic carbocycles. The van der Waals surface area contributed by atoms with Gasteiger partial charge in [-0.25, -0.2) is 0 Å². The molecule has 1 atom stereocenters. The van der Waals surface area contributed by atoms with Crippen molar-refractivity contribution in [2.24, 2.45) is 0 Å². The molecule has 5 nitrogen and oxygen atoms in total. The molecular formula is C19H19BrN2O3. The fourth-order valence-electron chi connectivity index (χ4n) is 2.28. The molecule has 1 aromatic heterocycles. The Hall–Kier alpha value is -2.39. The summed E-state index contributed by atoms with van der Waals surface area (Å²) in [5.74, 6) is 1.06. The molecule has 25 heavy (non-hydrogen) atoms. The van der Waals surface area contributed by atoms with Gasteiger partial charge < -0.3 is 9.47 Å². The van der Waals surface area contributed by atoms with Gasteiger partial charge in [-0.15, -0.1) is 0 Å². The average molecular weight is 403 g/mol. The van der Waals surface area contributed by atoms with Gasteiger partial charge in [-0.05, 0) is 37.1 Å². The minimum absolute atomic E-state index is 0.00852. The highest BCUT2D eigenvalue weighted by molar-refractivity contribution is 9.10. The van der Waals surface area contributed by atoms with Crippen LogP contribution in [-0.4, -0.2) is 17.4 Å². The Morgan fingerprint density at radius 1 is 1.32 bits per heavy atom. The number of aromatic nitrogens is 1. The monoisotopic (exact) mass is 402 g/mol. The molecule has 0 N–H and O–H groups in total. The van der Waals surface area contributed by atoms with E-state index in [1.807, 2.05) is 6.92 Å². The fourth-order valence-corrected chi connectivity index (χ4v) is 2.62. The van der Waals surface area contributed by atoms with Gasteiger partial charge in [-0.1, -0.05) is 36.2 Å². The summed E-state index contributed by atoms with van der Waals surface area (Å²) >= 11 is 3.30. The van der Waals surface area contributed by atoms with Gasteiger partial charge in [0.25, 0.3) is 0 Å². The van der Waals surface area contributed by atoms with E-state index in [1.165, 1.54) is 0 Å². The highest BCUT2D eigenvalue weighted by Crippen LogP contribution is 2.28. The van der Waals surface area contributed by atoms with Crippen LogP contribution in [-0.2, 0) is 0 Å². The van der Waals surface area contributed by atoms with Crippen LogP contribution in [0, 0.1) is 11.3 Å². The van der Waals surface area contributed by atoms with Crippen LogP contribution in [0.15, 0.2) is 34.8 Å². The van der Waals surface area contributed by atoms with Gasteiger partial charge in [0.2, 0.25) is 11.8 Å². The lowest BCUT2D eigenvalue weighted by molar-refractivity contribution is 0.112. The predicted molar refractivity (Wildman–Crippen MR) is 98.2 cm³/mol. The van der Waals surface area contributed by atoms with Crippen LogP contribution in [0.1, 0.15) is 49.0 Å². The summed E-state index contributed by atoms with van der Waals surface area (Å²) in [7, 11) is 0. The zero-order chi connectivity index (χ0) is 18.2. The SMILES string of the molecule is CCCC(CC)Oc1nc(Oc2ccc(Br)c(C=O)c2)ccc1C#N. The summed E-state index contributed by atoms with van der Waals surface area (Å²) in [5, 5.41) is 9.26. The first-order chi connectivity index (χ1) is 12.1. The van der Waals surface area contributed by atoms with E-state index in [4.69, 9.17) is 9.47 Å². The highest BCUT2D eigenvalue weighted by Gasteiger charge is 2.14. The minimum Gasteiger partial charge on any atom is -0.473 e. The summed E-state index contributed by atoms with van der Waals surface area (Å²) < 4.78 is 12.3. The van der Waals surface area contributed by atoms with Crippen LogP contribution >= 0.6 is 15.9 Å². The van der Waals surface area contributed by atoms with E-state index in [0.717, 1.165) is 25.5 Å². The second-order valence-electron chi connectivity index (χ2n) is 5.45. The average Bonchev–Trinajstić information content (AvgIpc) is 2.63. The van der Waals surface area contributed by atoms with E-state index in [1.54, 1.807) is 30.3 Å². The van der Waals surface area contributed by atoms with Crippen molar-refractivity contribution >= 4 is 22.2 Å². The maximum Gasteiger partial charge on any atom is 0.235 e. The maximum atomic E-state index is 11.0. The van der Waals surface area contributed by atoms with Gasteiger partial charge in [0, 0.05) is 16.1 Å². The Bertz CT molecular complexity index is 787. The molecular weight excluding hydrogens is 384 g/mol. The van der Waals surface area contributed by atoms with E-state index in [-0.39, 0.29) is 12.0 Å². The van der Waals surface area contributed by atoms with Crippen molar-refractivity contribution in [1.29, 1.82) is 5.26 Å². The summed E-state index contributed by atoms with van der Waals surface area (Å²) in [4.78, 5) is 15.3. The minimum atomic E-state index is 0.00852. The molecule has 1 heterocycles. The lowest BCUT2D eigenvalue weighted by atomic mass is 10.1. The normalized spacial score (nSPS) is 11.4. The summed E-state index contributed by atoms with van der Waals surface area (Å²) in [5.41, 5.74) is 0.850. The number of pyridine rings is 1. The van der Waals surface area contributed by atoms with E-state index >= 15 is 0 Å². The second kappa shape index (κ2) is 9.19. The van der Waals surface area contributed by atoms with E-state index in [9.17, 15) is 10.1 Å². The lowest BCUT2D eigenvalue weighted by Crippen LogP contribution is -2.16. The molecule has 0 radical (unpaired) electrons. The number of nitriles is 1. The Balaban J connectivity index is 2.26. The number of carbonyl (C=O) groups excluding carboxylic acids is 1. The van der Waals surface area contributed by atoms with Crippen LogP contribution in [0.4, 0.5) is 0 Å². The molecule has 2 rings (SSSR count). The number of nitrogens with zero attached hydrogens (tertiary/aromatic N) is 2. The number of carbonyl (C=O) groups is 1. The molecule has 2 aromatic rings.